The normalized spacial score (nSPS) is 14.2. The van der Waals surface area contributed by atoms with Crippen molar-refractivity contribution < 1.29 is 14.3 Å². The van der Waals surface area contributed by atoms with Gasteiger partial charge in [0.05, 0.1) is 7.11 Å². The highest BCUT2D eigenvalue weighted by Crippen LogP contribution is 2.47. The number of amides is 3. The molecule has 26 heavy (non-hydrogen) atoms. The third kappa shape index (κ3) is 4.33. The van der Waals surface area contributed by atoms with Gasteiger partial charge >= 0.3 is 6.03 Å². The second-order valence-corrected chi connectivity index (χ2v) is 6.58. The number of hydrogen-bond donors (Lipinski definition) is 3. The summed E-state index contributed by atoms with van der Waals surface area (Å²) in [6, 6.07) is 14.8. The summed E-state index contributed by atoms with van der Waals surface area (Å²) in [5.41, 5.74) is 2.50. The zero-order valence-corrected chi connectivity index (χ0v) is 15.0. The Hall–Kier alpha value is -3.02. The van der Waals surface area contributed by atoms with Gasteiger partial charge in [0.25, 0.3) is 0 Å². The fourth-order valence-corrected chi connectivity index (χ4v) is 2.97. The van der Waals surface area contributed by atoms with Gasteiger partial charge in [0.1, 0.15) is 5.75 Å². The van der Waals surface area contributed by atoms with Crippen molar-refractivity contribution in [1.82, 2.24) is 5.32 Å². The highest BCUT2D eigenvalue weighted by Gasteiger charge is 2.44. The molecular formula is C20H23N3O3. The van der Waals surface area contributed by atoms with Crippen molar-refractivity contribution >= 4 is 23.3 Å². The zero-order chi connectivity index (χ0) is 18.6. The summed E-state index contributed by atoms with van der Waals surface area (Å²) in [5.74, 6) is 0.677. The first kappa shape index (κ1) is 17.8. The largest absolute Gasteiger partial charge is 0.497 e. The van der Waals surface area contributed by atoms with E-state index in [1.165, 1.54) is 12.5 Å². The molecule has 0 radical (unpaired) electrons. The average molecular weight is 353 g/mol. The van der Waals surface area contributed by atoms with Crippen LogP contribution in [0.15, 0.2) is 48.5 Å². The molecule has 0 heterocycles. The van der Waals surface area contributed by atoms with Crippen molar-refractivity contribution in [3.05, 3.63) is 54.1 Å². The van der Waals surface area contributed by atoms with Crippen LogP contribution >= 0.6 is 0 Å². The van der Waals surface area contributed by atoms with Gasteiger partial charge in [-0.2, -0.15) is 0 Å². The molecular weight excluding hydrogens is 330 g/mol. The van der Waals surface area contributed by atoms with Gasteiger partial charge in [0.2, 0.25) is 5.91 Å². The summed E-state index contributed by atoms with van der Waals surface area (Å²) >= 11 is 0. The molecule has 0 spiro atoms. The van der Waals surface area contributed by atoms with Crippen molar-refractivity contribution in [2.24, 2.45) is 0 Å². The molecule has 0 bridgehead atoms. The molecule has 0 aromatic heterocycles. The molecule has 0 atom stereocenters. The SMILES string of the molecule is COc1ccc(C2(CNC(=O)Nc3cccc(NC(C)=O)c3)CC2)cc1. The van der Waals surface area contributed by atoms with Crippen molar-refractivity contribution in [1.29, 1.82) is 0 Å². The van der Waals surface area contributed by atoms with Crippen LogP contribution in [0.4, 0.5) is 16.2 Å². The Kier molecular flexibility index (Phi) is 5.11. The third-order valence-corrected chi connectivity index (χ3v) is 4.58. The maximum absolute atomic E-state index is 12.2. The molecule has 3 rings (SSSR count). The summed E-state index contributed by atoms with van der Waals surface area (Å²) in [6.07, 6.45) is 2.11. The Bertz CT molecular complexity index is 798. The fraction of sp³-hybridized carbons (Fsp3) is 0.300. The Morgan fingerprint density at radius 2 is 1.69 bits per heavy atom. The molecule has 1 aliphatic carbocycles. The number of hydrogen-bond acceptors (Lipinski definition) is 3. The van der Waals surface area contributed by atoms with Crippen molar-refractivity contribution in [2.75, 3.05) is 24.3 Å². The second-order valence-electron chi connectivity index (χ2n) is 6.58. The van der Waals surface area contributed by atoms with Gasteiger partial charge in [-0.15, -0.1) is 0 Å². The Morgan fingerprint density at radius 1 is 1.04 bits per heavy atom. The molecule has 0 aliphatic heterocycles. The van der Waals surface area contributed by atoms with E-state index in [1.807, 2.05) is 12.1 Å². The van der Waals surface area contributed by atoms with Gasteiger partial charge in [0.15, 0.2) is 0 Å². The highest BCUT2D eigenvalue weighted by molar-refractivity contribution is 5.92. The van der Waals surface area contributed by atoms with Gasteiger partial charge < -0.3 is 20.7 Å². The lowest BCUT2D eigenvalue weighted by molar-refractivity contribution is -0.114. The molecule has 3 N–H and O–H groups in total. The van der Waals surface area contributed by atoms with E-state index in [0.29, 0.717) is 17.9 Å². The second kappa shape index (κ2) is 7.47. The maximum atomic E-state index is 12.2. The molecule has 1 aliphatic rings. The monoisotopic (exact) mass is 353 g/mol. The molecule has 136 valence electrons. The van der Waals surface area contributed by atoms with Gasteiger partial charge in [-0.3, -0.25) is 4.79 Å². The van der Waals surface area contributed by atoms with Crippen LogP contribution in [0.5, 0.6) is 5.75 Å². The van der Waals surface area contributed by atoms with E-state index in [0.717, 1.165) is 18.6 Å². The number of ether oxygens (including phenoxy) is 1. The minimum atomic E-state index is -0.259. The zero-order valence-electron chi connectivity index (χ0n) is 15.0. The summed E-state index contributed by atoms with van der Waals surface area (Å²) in [6.45, 7) is 2.03. The first-order valence-corrected chi connectivity index (χ1v) is 8.58. The van der Waals surface area contributed by atoms with Gasteiger partial charge in [-0.1, -0.05) is 18.2 Å². The van der Waals surface area contributed by atoms with Gasteiger partial charge in [-0.05, 0) is 48.7 Å². The van der Waals surface area contributed by atoms with Crippen LogP contribution in [0.2, 0.25) is 0 Å². The van der Waals surface area contributed by atoms with Crippen LogP contribution in [-0.2, 0) is 10.2 Å². The number of carbonyl (C=O) groups is 2. The number of nitrogens with one attached hydrogen (secondary N) is 3. The van der Waals surface area contributed by atoms with E-state index in [-0.39, 0.29) is 17.4 Å². The lowest BCUT2D eigenvalue weighted by atomic mass is 9.96. The number of carbonyl (C=O) groups excluding carboxylic acids is 2. The molecule has 0 unspecified atom stereocenters. The summed E-state index contributed by atoms with van der Waals surface area (Å²) in [7, 11) is 1.65. The Labute approximate surface area is 152 Å². The first-order chi connectivity index (χ1) is 12.5. The minimum Gasteiger partial charge on any atom is -0.497 e. The smallest absolute Gasteiger partial charge is 0.319 e. The topological polar surface area (TPSA) is 79.5 Å². The standard InChI is InChI=1S/C20H23N3O3/c1-14(24)22-16-4-3-5-17(12-16)23-19(25)21-13-20(10-11-20)15-6-8-18(26-2)9-7-15/h3-9,12H,10-11,13H2,1-2H3,(H,22,24)(H2,21,23,25). The number of urea groups is 1. The molecule has 2 aromatic rings. The minimum absolute atomic E-state index is 0.0155. The number of methoxy groups -OCH3 is 1. The van der Waals surface area contributed by atoms with Crippen molar-refractivity contribution in [3.63, 3.8) is 0 Å². The van der Waals surface area contributed by atoms with Crippen LogP contribution in [0.25, 0.3) is 0 Å². The molecule has 3 amide bonds. The molecule has 2 aromatic carbocycles. The third-order valence-electron chi connectivity index (χ3n) is 4.58. The van der Waals surface area contributed by atoms with Gasteiger partial charge in [-0.25, -0.2) is 4.79 Å². The quantitative estimate of drug-likeness (QED) is 0.743. The number of benzene rings is 2. The molecule has 0 saturated heterocycles. The van der Waals surface area contributed by atoms with E-state index in [9.17, 15) is 9.59 Å². The summed E-state index contributed by atoms with van der Waals surface area (Å²) < 4.78 is 5.19. The lowest BCUT2D eigenvalue weighted by Crippen LogP contribution is -2.35. The predicted molar refractivity (Wildman–Crippen MR) is 102 cm³/mol. The predicted octanol–water partition coefficient (Wildman–Crippen LogP) is 3.51. The molecule has 1 saturated carbocycles. The van der Waals surface area contributed by atoms with Crippen LogP contribution < -0.4 is 20.7 Å². The van der Waals surface area contributed by atoms with Crippen LogP contribution in [0, 0.1) is 0 Å². The highest BCUT2D eigenvalue weighted by atomic mass is 16.5. The lowest BCUT2D eigenvalue weighted by Gasteiger charge is -2.17. The molecule has 6 nitrogen and oxygen atoms in total. The number of anilines is 2. The van der Waals surface area contributed by atoms with Crippen LogP contribution in [0.1, 0.15) is 25.3 Å². The van der Waals surface area contributed by atoms with E-state index >= 15 is 0 Å². The maximum Gasteiger partial charge on any atom is 0.319 e. The fourth-order valence-electron chi connectivity index (χ4n) is 2.97. The summed E-state index contributed by atoms with van der Waals surface area (Å²) in [4.78, 5) is 23.3. The van der Waals surface area contributed by atoms with Crippen LogP contribution in [0.3, 0.4) is 0 Å². The number of rotatable bonds is 6. The molecule has 6 heteroatoms. The van der Waals surface area contributed by atoms with E-state index in [2.05, 4.69) is 28.1 Å². The first-order valence-electron chi connectivity index (χ1n) is 8.58. The average Bonchev–Trinajstić information content (AvgIpc) is 3.41. The van der Waals surface area contributed by atoms with Crippen LogP contribution in [-0.4, -0.2) is 25.6 Å². The Morgan fingerprint density at radius 3 is 2.27 bits per heavy atom. The Balaban J connectivity index is 1.56. The van der Waals surface area contributed by atoms with Crippen molar-refractivity contribution in [3.8, 4) is 5.75 Å². The summed E-state index contributed by atoms with van der Waals surface area (Å²) in [5, 5.41) is 8.45. The van der Waals surface area contributed by atoms with E-state index in [4.69, 9.17) is 4.74 Å². The molecule has 1 fully saturated rings. The van der Waals surface area contributed by atoms with E-state index < -0.39 is 0 Å². The van der Waals surface area contributed by atoms with Gasteiger partial charge in [0, 0.05) is 30.3 Å². The van der Waals surface area contributed by atoms with E-state index in [1.54, 1.807) is 31.4 Å². The van der Waals surface area contributed by atoms with Crippen molar-refractivity contribution in [2.45, 2.75) is 25.2 Å².